The lowest BCUT2D eigenvalue weighted by Gasteiger charge is -2.19. The molecule has 20 heavy (non-hydrogen) atoms. The number of anilines is 2. The summed E-state index contributed by atoms with van der Waals surface area (Å²) in [7, 11) is 3.33. The number of nitrogens with zero attached hydrogens (tertiary/aromatic N) is 3. The Morgan fingerprint density at radius 3 is 2.30 bits per heavy atom. The summed E-state index contributed by atoms with van der Waals surface area (Å²) in [6.45, 7) is 2.90. The van der Waals surface area contributed by atoms with Gasteiger partial charge in [-0.05, 0) is 41.1 Å². The van der Waals surface area contributed by atoms with Gasteiger partial charge in [-0.1, -0.05) is 0 Å². The molecule has 108 valence electrons. The predicted octanol–water partition coefficient (Wildman–Crippen LogP) is 2.33. The Labute approximate surface area is 125 Å². The molecule has 1 aromatic rings. The van der Waals surface area contributed by atoms with Gasteiger partial charge in [0.05, 0.1) is 5.69 Å². The molecule has 0 saturated heterocycles. The Hall–Kier alpha value is -1.89. The van der Waals surface area contributed by atoms with Crippen LogP contribution in [0.1, 0.15) is 13.8 Å². The second-order valence-corrected chi connectivity index (χ2v) is 5.08. The van der Waals surface area contributed by atoms with Crippen molar-refractivity contribution >= 4 is 44.9 Å². The molecule has 0 bridgehead atoms. The quantitative estimate of drug-likeness (QED) is 0.673. The number of aliphatic carboxylic acids is 1. The number of hydrogen-bond acceptors (Lipinski definition) is 4. The third-order valence-corrected chi connectivity index (χ3v) is 3.38. The van der Waals surface area contributed by atoms with Crippen LogP contribution in [0.15, 0.2) is 27.8 Å². The van der Waals surface area contributed by atoms with Gasteiger partial charge in [0.25, 0.3) is 0 Å². The van der Waals surface area contributed by atoms with Crippen LogP contribution in [0.3, 0.4) is 0 Å². The molecule has 0 aromatic heterocycles. The first-order valence-electron chi connectivity index (χ1n) is 5.80. The minimum atomic E-state index is -1.07. The van der Waals surface area contributed by atoms with Crippen molar-refractivity contribution in [2.45, 2.75) is 13.8 Å². The van der Waals surface area contributed by atoms with Crippen molar-refractivity contribution in [2.24, 2.45) is 5.10 Å². The van der Waals surface area contributed by atoms with Crippen molar-refractivity contribution in [3.63, 3.8) is 0 Å². The molecule has 1 rings (SSSR count). The zero-order valence-electron chi connectivity index (χ0n) is 11.7. The van der Waals surface area contributed by atoms with E-state index in [1.54, 1.807) is 32.3 Å². The van der Waals surface area contributed by atoms with E-state index >= 15 is 0 Å². The maximum absolute atomic E-state index is 11.3. The lowest BCUT2D eigenvalue weighted by Crippen LogP contribution is -2.23. The lowest BCUT2D eigenvalue weighted by atomic mass is 10.2. The number of carboxylic acid groups (broad SMARTS) is 1. The summed E-state index contributed by atoms with van der Waals surface area (Å²) in [4.78, 5) is 23.6. The van der Waals surface area contributed by atoms with Crippen molar-refractivity contribution in [1.29, 1.82) is 0 Å². The molecule has 0 aliphatic heterocycles. The lowest BCUT2D eigenvalue weighted by molar-refractivity contribution is -0.129. The summed E-state index contributed by atoms with van der Waals surface area (Å²) in [5.41, 5.74) is 1.43. The molecule has 1 aromatic carbocycles. The van der Waals surface area contributed by atoms with E-state index in [1.165, 1.54) is 23.8 Å². The average molecular weight is 342 g/mol. The second kappa shape index (κ2) is 6.51. The van der Waals surface area contributed by atoms with Gasteiger partial charge in [-0.3, -0.25) is 9.80 Å². The van der Waals surface area contributed by atoms with Gasteiger partial charge in [0.2, 0.25) is 5.91 Å². The summed E-state index contributed by atoms with van der Waals surface area (Å²) < 4.78 is 0.715. The van der Waals surface area contributed by atoms with Gasteiger partial charge in [0.1, 0.15) is 5.71 Å². The fourth-order valence-corrected chi connectivity index (χ4v) is 2.09. The van der Waals surface area contributed by atoms with E-state index in [0.717, 1.165) is 5.69 Å². The highest BCUT2D eigenvalue weighted by molar-refractivity contribution is 9.10. The summed E-state index contributed by atoms with van der Waals surface area (Å²) >= 11 is 3.40. The molecule has 1 N–H and O–H groups in total. The fourth-order valence-electron chi connectivity index (χ4n) is 1.47. The monoisotopic (exact) mass is 341 g/mol. The number of carboxylic acids is 1. The molecule has 0 fully saturated rings. The summed E-state index contributed by atoms with van der Waals surface area (Å²) in [5, 5.41) is 14.2. The van der Waals surface area contributed by atoms with Gasteiger partial charge in [-0.2, -0.15) is 5.10 Å². The van der Waals surface area contributed by atoms with Gasteiger partial charge < -0.3 is 10.0 Å². The van der Waals surface area contributed by atoms with Crippen LogP contribution < -0.4 is 9.91 Å². The predicted molar refractivity (Wildman–Crippen MR) is 82.4 cm³/mol. The van der Waals surface area contributed by atoms with E-state index in [1.807, 2.05) is 0 Å². The van der Waals surface area contributed by atoms with Gasteiger partial charge in [0.15, 0.2) is 0 Å². The van der Waals surface area contributed by atoms with E-state index < -0.39 is 5.97 Å². The van der Waals surface area contributed by atoms with Crippen LogP contribution in [0.2, 0.25) is 0 Å². The SMILES string of the molecule is CC(=O)N(C)c1ccc(N(C)/N=C(\C)C(=O)O)c(Br)c1. The number of benzene rings is 1. The standard InChI is InChI=1S/C13H16BrN3O3/c1-8(13(19)20)15-17(4)12-6-5-10(7-11(12)14)16(3)9(2)18/h5-7H,1-4H3,(H,19,20)/b15-8+. The highest BCUT2D eigenvalue weighted by Crippen LogP contribution is 2.30. The van der Waals surface area contributed by atoms with Crippen LogP contribution in [0.25, 0.3) is 0 Å². The van der Waals surface area contributed by atoms with Crippen molar-refractivity contribution in [3.8, 4) is 0 Å². The van der Waals surface area contributed by atoms with E-state index in [9.17, 15) is 9.59 Å². The highest BCUT2D eigenvalue weighted by Gasteiger charge is 2.11. The van der Waals surface area contributed by atoms with Crippen LogP contribution in [0.5, 0.6) is 0 Å². The molecule has 0 heterocycles. The van der Waals surface area contributed by atoms with Crippen molar-refractivity contribution < 1.29 is 14.7 Å². The van der Waals surface area contributed by atoms with Crippen molar-refractivity contribution in [3.05, 3.63) is 22.7 Å². The first-order chi connectivity index (χ1) is 9.23. The smallest absolute Gasteiger partial charge is 0.351 e. The van der Waals surface area contributed by atoms with E-state index in [4.69, 9.17) is 5.11 Å². The van der Waals surface area contributed by atoms with Crippen LogP contribution in [-0.2, 0) is 9.59 Å². The fraction of sp³-hybridized carbons (Fsp3) is 0.308. The molecule has 0 radical (unpaired) electrons. The molecular weight excluding hydrogens is 326 g/mol. The molecule has 0 aliphatic rings. The van der Waals surface area contributed by atoms with E-state index in [0.29, 0.717) is 10.2 Å². The molecule has 0 spiro atoms. The number of halogens is 1. The van der Waals surface area contributed by atoms with Crippen LogP contribution >= 0.6 is 15.9 Å². The zero-order valence-corrected chi connectivity index (χ0v) is 13.3. The molecule has 6 nitrogen and oxygen atoms in total. The third kappa shape index (κ3) is 3.80. The maximum atomic E-state index is 11.3. The number of hydrazone groups is 1. The van der Waals surface area contributed by atoms with E-state index in [-0.39, 0.29) is 11.6 Å². The topological polar surface area (TPSA) is 73.2 Å². The number of hydrogen-bond donors (Lipinski definition) is 1. The molecule has 0 aliphatic carbocycles. The largest absolute Gasteiger partial charge is 0.477 e. The molecular formula is C13H16BrN3O3. The van der Waals surface area contributed by atoms with Gasteiger partial charge >= 0.3 is 5.97 Å². The Bertz CT molecular complexity index is 572. The third-order valence-electron chi connectivity index (χ3n) is 2.75. The Kier molecular flexibility index (Phi) is 5.26. The number of carbonyl (C=O) groups excluding carboxylic acids is 1. The van der Waals surface area contributed by atoms with Gasteiger partial charge in [-0.15, -0.1) is 0 Å². The Balaban J connectivity index is 3.08. The van der Waals surface area contributed by atoms with Gasteiger partial charge in [-0.25, -0.2) is 4.79 Å². The second-order valence-electron chi connectivity index (χ2n) is 4.23. The summed E-state index contributed by atoms with van der Waals surface area (Å²) in [6.07, 6.45) is 0. The molecule has 0 saturated carbocycles. The Morgan fingerprint density at radius 2 is 1.85 bits per heavy atom. The van der Waals surface area contributed by atoms with Crippen molar-refractivity contribution in [2.75, 3.05) is 24.0 Å². The molecule has 7 heteroatoms. The van der Waals surface area contributed by atoms with Crippen molar-refractivity contribution in [1.82, 2.24) is 0 Å². The maximum Gasteiger partial charge on any atom is 0.351 e. The minimum absolute atomic E-state index is 0.00988. The molecule has 0 unspecified atom stereocenters. The summed E-state index contributed by atoms with van der Waals surface area (Å²) in [6, 6.07) is 5.31. The molecule has 1 amide bonds. The highest BCUT2D eigenvalue weighted by atomic mass is 79.9. The minimum Gasteiger partial charge on any atom is -0.477 e. The van der Waals surface area contributed by atoms with Gasteiger partial charge in [0, 0.05) is 31.2 Å². The summed E-state index contributed by atoms with van der Waals surface area (Å²) in [5.74, 6) is -1.14. The first-order valence-corrected chi connectivity index (χ1v) is 6.59. The van der Waals surface area contributed by atoms with Crippen LogP contribution in [0, 0.1) is 0 Å². The first kappa shape index (κ1) is 16.2. The number of amides is 1. The number of carbonyl (C=O) groups is 2. The molecule has 0 atom stereocenters. The van der Waals surface area contributed by atoms with E-state index in [2.05, 4.69) is 21.0 Å². The number of rotatable bonds is 4. The van der Waals surface area contributed by atoms with Crippen LogP contribution in [0.4, 0.5) is 11.4 Å². The zero-order chi connectivity index (χ0) is 15.4. The average Bonchev–Trinajstić information content (AvgIpc) is 2.36. The normalized spacial score (nSPS) is 11.2. The Morgan fingerprint density at radius 1 is 1.25 bits per heavy atom. The van der Waals surface area contributed by atoms with Crippen LogP contribution in [-0.4, -0.2) is 36.8 Å².